The zero-order chi connectivity index (χ0) is 23.6. The predicted molar refractivity (Wildman–Crippen MR) is 104 cm³/mol. The summed E-state index contributed by atoms with van der Waals surface area (Å²) in [5.41, 5.74) is -0.734. The second kappa shape index (κ2) is 8.94. The highest BCUT2D eigenvalue weighted by Crippen LogP contribution is 2.39. The number of alkyl halides is 3. The summed E-state index contributed by atoms with van der Waals surface area (Å²) in [7, 11) is 0. The Labute approximate surface area is 177 Å². The van der Waals surface area contributed by atoms with Crippen molar-refractivity contribution in [2.24, 2.45) is 0 Å². The van der Waals surface area contributed by atoms with E-state index >= 15 is 0 Å². The zero-order valence-corrected chi connectivity index (χ0v) is 16.7. The van der Waals surface area contributed by atoms with Crippen molar-refractivity contribution in [1.82, 2.24) is 15.3 Å². The van der Waals surface area contributed by atoms with Gasteiger partial charge in [-0.3, -0.25) is 0 Å². The number of anilines is 2. The number of carbonyl (C=O) groups is 1. The van der Waals surface area contributed by atoms with E-state index in [-0.39, 0.29) is 35.2 Å². The van der Waals surface area contributed by atoms with E-state index in [0.717, 1.165) is 18.5 Å². The van der Waals surface area contributed by atoms with Gasteiger partial charge in [-0.1, -0.05) is 0 Å². The van der Waals surface area contributed by atoms with Crippen molar-refractivity contribution in [2.75, 3.05) is 17.2 Å². The Morgan fingerprint density at radius 3 is 2.47 bits per heavy atom. The number of aliphatic hydroxyl groups excluding tert-OH is 1. The summed E-state index contributed by atoms with van der Waals surface area (Å²) in [6.07, 6.45) is -2.71. The molecule has 172 valence electrons. The summed E-state index contributed by atoms with van der Waals surface area (Å²) in [5, 5.41) is 15.4. The third kappa shape index (κ3) is 5.04. The Kier molecular flexibility index (Phi) is 6.48. The summed E-state index contributed by atoms with van der Waals surface area (Å²) in [6, 6.07) is -2.90. The number of carbonyl (C=O) groups excluding carboxylic acids is 1. The molecule has 2 aromatic heterocycles. The van der Waals surface area contributed by atoms with E-state index in [4.69, 9.17) is 9.52 Å². The van der Waals surface area contributed by atoms with Gasteiger partial charge in [0.25, 0.3) is 0 Å². The van der Waals surface area contributed by atoms with E-state index in [1.54, 1.807) is 12.2 Å². The molecule has 0 unspecified atom stereocenters. The second-order valence-electron chi connectivity index (χ2n) is 6.95. The molecule has 0 aliphatic carbocycles. The first kappa shape index (κ1) is 23.2. The van der Waals surface area contributed by atoms with Crippen LogP contribution in [-0.2, 0) is 0 Å². The smallest absolute Gasteiger partial charge is 0.416 e. The maximum atomic E-state index is 13.9. The first-order valence-electron chi connectivity index (χ1n) is 9.21. The Morgan fingerprint density at radius 1 is 1.22 bits per heavy atom. The van der Waals surface area contributed by atoms with Gasteiger partial charge in [-0.2, -0.15) is 13.2 Å². The van der Waals surface area contributed by atoms with Crippen LogP contribution in [-0.4, -0.2) is 39.9 Å². The molecule has 0 bridgehead atoms. The van der Waals surface area contributed by atoms with Gasteiger partial charge in [0, 0.05) is 23.1 Å². The number of aliphatic hydroxyl groups is 1. The molecule has 0 saturated carbocycles. The predicted octanol–water partition coefficient (Wildman–Crippen LogP) is 4.03. The number of furan rings is 1. The van der Waals surface area contributed by atoms with Crippen molar-refractivity contribution < 1.29 is 36.3 Å². The fourth-order valence-corrected chi connectivity index (χ4v) is 2.86. The average molecular weight is 459 g/mol. The quantitative estimate of drug-likeness (QED) is 0.414. The van der Waals surface area contributed by atoms with Crippen LogP contribution in [0.15, 0.2) is 28.9 Å². The summed E-state index contributed by atoms with van der Waals surface area (Å²) in [5.74, 6) is -2.79. The molecule has 0 radical (unpaired) electrons. The lowest BCUT2D eigenvalue weighted by Crippen LogP contribution is -2.40. The average Bonchev–Trinajstić information content (AvgIpc) is 3.03. The van der Waals surface area contributed by atoms with Crippen LogP contribution in [0, 0.1) is 18.6 Å². The molecule has 0 saturated heterocycles. The molecule has 4 N–H and O–H groups in total. The van der Waals surface area contributed by atoms with E-state index in [1.807, 2.05) is 0 Å². The summed E-state index contributed by atoms with van der Waals surface area (Å²) in [6.45, 7) is 2.69. The van der Waals surface area contributed by atoms with Crippen LogP contribution < -0.4 is 16.0 Å². The Hall–Kier alpha value is -3.48. The van der Waals surface area contributed by atoms with Gasteiger partial charge in [-0.25, -0.2) is 23.5 Å². The maximum absolute atomic E-state index is 13.9. The Bertz CT molecular complexity index is 1120. The molecule has 1 aromatic carbocycles. The third-order valence-corrected chi connectivity index (χ3v) is 4.42. The van der Waals surface area contributed by atoms with Crippen molar-refractivity contribution in [3.63, 3.8) is 0 Å². The zero-order valence-electron chi connectivity index (χ0n) is 16.7. The molecule has 32 heavy (non-hydrogen) atoms. The van der Waals surface area contributed by atoms with Crippen LogP contribution in [0.3, 0.4) is 0 Å². The highest BCUT2D eigenvalue weighted by atomic mass is 19.4. The maximum Gasteiger partial charge on any atom is 0.416 e. The molecule has 3 aromatic rings. The van der Waals surface area contributed by atoms with E-state index in [2.05, 4.69) is 20.6 Å². The van der Waals surface area contributed by atoms with E-state index in [9.17, 15) is 26.7 Å². The summed E-state index contributed by atoms with van der Waals surface area (Å²) < 4.78 is 73.5. The number of nitrogens with zero attached hydrogens (tertiary/aromatic N) is 2. The normalized spacial score (nSPS) is 13.6. The highest BCUT2D eigenvalue weighted by molar-refractivity contribution is 5.89. The van der Waals surface area contributed by atoms with Crippen LogP contribution in [0.5, 0.6) is 0 Å². The molecule has 0 fully saturated rings. The molecule has 2 atom stereocenters. The van der Waals surface area contributed by atoms with Crippen LogP contribution in [0.4, 0.5) is 38.4 Å². The molecule has 13 heteroatoms. The number of aryl methyl sites for hydroxylation is 1. The summed E-state index contributed by atoms with van der Waals surface area (Å²) in [4.78, 5) is 19.9. The van der Waals surface area contributed by atoms with Gasteiger partial charge in [-0.05, 0) is 19.9 Å². The largest absolute Gasteiger partial charge is 0.455 e. The van der Waals surface area contributed by atoms with Crippen molar-refractivity contribution in [2.45, 2.75) is 32.1 Å². The second-order valence-corrected chi connectivity index (χ2v) is 6.95. The number of hydrogen-bond acceptors (Lipinski definition) is 6. The standard InChI is InChI=1S/C19H18F5N5O3/c1-8(7-30)27-17-25-5-11(6-26-17)28-18(31)29-16(19(22,23)24)14-9(2)12-3-10(20)4-13(21)15(12)32-14/h3-6,8,16,30H,7H2,1-2H3,(H,25,26,27)(H2,28,29,31)/t8-,16+/m1/s1. The molecular formula is C19H18F5N5O3. The van der Waals surface area contributed by atoms with Crippen molar-refractivity contribution in [3.05, 3.63) is 47.5 Å². The molecule has 2 heterocycles. The Morgan fingerprint density at radius 2 is 1.88 bits per heavy atom. The fraction of sp³-hybridized carbons (Fsp3) is 0.316. The first-order valence-corrected chi connectivity index (χ1v) is 9.21. The lowest BCUT2D eigenvalue weighted by molar-refractivity contribution is -0.158. The van der Waals surface area contributed by atoms with Gasteiger partial charge in [0.05, 0.1) is 24.7 Å². The SMILES string of the molecule is Cc1c([C@H](NC(=O)Nc2cnc(N[C@H](C)CO)nc2)C(F)(F)F)oc2c(F)cc(F)cc12. The van der Waals surface area contributed by atoms with Gasteiger partial charge < -0.3 is 25.5 Å². The fourth-order valence-electron chi connectivity index (χ4n) is 2.86. The number of hydrogen-bond donors (Lipinski definition) is 4. The lowest BCUT2D eigenvalue weighted by atomic mass is 10.1. The number of nitrogens with one attached hydrogen (secondary N) is 3. The molecule has 0 aliphatic heterocycles. The minimum absolute atomic E-state index is 0.0138. The molecule has 3 rings (SSSR count). The number of rotatable bonds is 6. The number of fused-ring (bicyclic) bond motifs is 1. The van der Waals surface area contributed by atoms with Crippen molar-refractivity contribution >= 4 is 28.6 Å². The topological polar surface area (TPSA) is 112 Å². The van der Waals surface area contributed by atoms with Gasteiger partial charge in [0.2, 0.25) is 5.95 Å². The van der Waals surface area contributed by atoms with Crippen LogP contribution >= 0.6 is 0 Å². The molecule has 0 aliphatic rings. The lowest BCUT2D eigenvalue weighted by Gasteiger charge is -2.20. The number of aromatic nitrogens is 2. The number of halogens is 5. The third-order valence-electron chi connectivity index (χ3n) is 4.42. The monoisotopic (exact) mass is 459 g/mol. The van der Waals surface area contributed by atoms with Crippen LogP contribution in [0.1, 0.15) is 24.3 Å². The van der Waals surface area contributed by atoms with Gasteiger partial charge in [-0.15, -0.1) is 0 Å². The molecule has 2 amide bonds. The van der Waals surface area contributed by atoms with Gasteiger partial charge in [0.1, 0.15) is 11.6 Å². The number of amides is 2. The van der Waals surface area contributed by atoms with E-state index in [1.165, 1.54) is 6.92 Å². The highest BCUT2D eigenvalue weighted by Gasteiger charge is 2.45. The minimum Gasteiger partial charge on any atom is -0.455 e. The molecule has 8 nitrogen and oxygen atoms in total. The van der Waals surface area contributed by atoms with Gasteiger partial charge in [0.15, 0.2) is 17.4 Å². The van der Waals surface area contributed by atoms with E-state index < -0.39 is 41.2 Å². The van der Waals surface area contributed by atoms with Crippen LogP contribution in [0.2, 0.25) is 0 Å². The number of benzene rings is 1. The number of urea groups is 1. The van der Waals surface area contributed by atoms with Crippen LogP contribution in [0.25, 0.3) is 11.0 Å². The molecular weight excluding hydrogens is 441 g/mol. The molecule has 0 spiro atoms. The van der Waals surface area contributed by atoms with Crippen molar-refractivity contribution in [1.29, 1.82) is 0 Å². The Balaban J connectivity index is 1.81. The van der Waals surface area contributed by atoms with Gasteiger partial charge >= 0.3 is 12.2 Å². The minimum atomic E-state index is -5.00. The first-order chi connectivity index (χ1) is 15.0. The summed E-state index contributed by atoms with van der Waals surface area (Å²) >= 11 is 0. The van der Waals surface area contributed by atoms with E-state index in [0.29, 0.717) is 6.07 Å². The van der Waals surface area contributed by atoms with Crippen molar-refractivity contribution in [3.8, 4) is 0 Å².